The summed E-state index contributed by atoms with van der Waals surface area (Å²) in [6, 6.07) is 6.00. The smallest absolute Gasteiger partial charge is 0.230 e. The van der Waals surface area contributed by atoms with Crippen LogP contribution in [0.2, 0.25) is 0 Å². The fourth-order valence-corrected chi connectivity index (χ4v) is 4.07. The molecule has 1 unspecified atom stereocenters. The van der Waals surface area contributed by atoms with Crippen LogP contribution in [0.4, 0.5) is 0 Å². The second kappa shape index (κ2) is 11.1. The number of rotatable bonds is 9. The molecule has 1 atom stereocenters. The van der Waals surface area contributed by atoms with Gasteiger partial charge in [0.1, 0.15) is 0 Å². The maximum atomic E-state index is 12.8. The lowest BCUT2D eigenvalue weighted by Crippen LogP contribution is -2.49. The minimum atomic E-state index is -0.342. The Morgan fingerprint density at radius 1 is 1.17 bits per heavy atom. The second-order valence-electron chi connectivity index (χ2n) is 8.05. The number of amides is 1. The van der Waals surface area contributed by atoms with E-state index in [0.29, 0.717) is 25.7 Å². The van der Waals surface area contributed by atoms with E-state index in [4.69, 9.17) is 9.47 Å². The molecule has 0 heterocycles. The van der Waals surface area contributed by atoms with Crippen molar-refractivity contribution < 1.29 is 14.3 Å². The summed E-state index contributed by atoms with van der Waals surface area (Å²) in [5, 5.41) is 6.83. The monoisotopic (exact) mass is 418 g/mol. The summed E-state index contributed by atoms with van der Waals surface area (Å²) < 4.78 is 11.4. The number of nitrogens with one attached hydrogen (secondary N) is 2. The Morgan fingerprint density at radius 2 is 1.80 bits per heavy atom. The first-order chi connectivity index (χ1) is 14.4. The van der Waals surface area contributed by atoms with Gasteiger partial charge >= 0.3 is 0 Å². The lowest BCUT2D eigenvalue weighted by atomic mass is 9.84. The van der Waals surface area contributed by atoms with Gasteiger partial charge in [0, 0.05) is 27.7 Å². The molecule has 1 aromatic carbocycles. The minimum Gasteiger partial charge on any atom is -0.490 e. The highest BCUT2D eigenvalue weighted by molar-refractivity contribution is 5.85. The van der Waals surface area contributed by atoms with Gasteiger partial charge in [-0.2, -0.15) is 0 Å². The molecule has 1 aromatic rings. The molecule has 0 aliphatic heterocycles. The summed E-state index contributed by atoms with van der Waals surface area (Å²) in [6.45, 7) is 7.76. The Bertz CT molecular complexity index is 727. The summed E-state index contributed by atoms with van der Waals surface area (Å²) in [7, 11) is 5.42. The van der Waals surface area contributed by atoms with Crippen molar-refractivity contribution in [1.82, 2.24) is 15.5 Å². The largest absolute Gasteiger partial charge is 0.490 e. The first-order valence-corrected chi connectivity index (χ1v) is 10.9. The highest BCUT2D eigenvalue weighted by Crippen LogP contribution is 2.39. The van der Waals surface area contributed by atoms with Crippen LogP contribution in [0.3, 0.4) is 0 Å². The number of guanidine groups is 1. The Labute approximate surface area is 181 Å². The van der Waals surface area contributed by atoms with Gasteiger partial charge < -0.3 is 25.0 Å². The van der Waals surface area contributed by atoms with Crippen molar-refractivity contribution in [2.45, 2.75) is 52.5 Å². The molecule has 0 saturated heterocycles. The Kier molecular flexibility index (Phi) is 8.81. The van der Waals surface area contributed by atoms with Crippen molar-refractivity contribution >= 4 is 11.9 Å². The van der Waals surface area contributed by atoms with Crippen molar-refractivity contribution in [3.63, 3.8) is 0 Å². The number of carbonyl (C=O) groups excluding carboxylic acids is 1. The molecule has 1 amide bonds. The maximum absolute atomic E-state index is 12.8. The van der Waals surface area contributed by atoms with Crippen LogP contribution in [-0.4, -0.2) is 57.7 Å². The molecule has 168 valence electrons. The van der Waals surface area contributed by atoms with Crippen LogP contribution in [0.25, 0.3) is 0 Å². The molecule has 30 heavy (non-hydrogen) atoms. The summed E-state index contributed by atoms with van der Waals surface area (Å²) in [6.07, 6.45) is 4.02. The summed E-state index contributed by atoms with van der Waals surface area (Å²) in [5.74, 6) is 2.38. The molecular weight excluding hydrogens is 380 g/mol. The van der Waals surface area contributed by atoms with E-state index in [9.17, 15) is 4.79 Å². The van der Waals surface area contributed by atoms with Gasteiger partial charge in [0.25, 0.3) is 0 Å². The van der Waals surface area contributed by atoms with Crippen LogP contribution in [0, 0.1) is 5.41 Å². The predicted octanol–water partition coefficient (Wildman–Crippen LogP) is 3.36. The van der Waals surface area contributed by atoms with Gasteiger partial charge in [-0.15, -0.1) is 0 Å². The van der Waals surface area contributed by atoms with Crippen LogP contribution >= 0.6 is 0 Å². The highest BCUT2D eigenvalue weighted by Gasteiger charge is 2.42. The third-order valence-electron chi connectivity index (χ3n) is 5.66. The van der Waals surface area contributed by atoms with Gasteiger partial charge in [-0.05, 0) is 51.3 Å². The third kappa shape index (κ3) is 5.80. The van der Waals surface area contributed by atoms with E-state index in [1.54, 1.807) is 11.9 Å². The number of hydrogen-bond acceptors (Lipinski definition) is 4. The molecule has 2 N–H and O–H groups in total. The average Bonchev–Trinajstić information content (AvgIpc) is 3.22. The number of aliphatic imine (C=N–C) groups is 1. The number of hydrogen-bond donors (Lipinski definition) is 2. The molecule has 7 nitrogen and oxygen atoms in total. The van der Waals surface area contributed by atoms with Crippen LogP contribution in [0.5, 0.6) is 11.5 Å². The van der Waals surface area contributed by atoms with Gasteiger partial charge in [0.05, 0.1) is 24.7 Å². The van der Waals surface area contributed by atoms with Crippen LogP contribution < -0.4 is 20.1 Å². The van der Waals surface area contributed by atoms with E-state index >= 15 is 0 Å². The number of carbonyl (C=O) groups is 1. The van der Waals surface area contributed by atoms with Crippen LogP contribution in [-0.2, 0) is 4.79 Å². The van der Waals surface area contributed by atoms with E-state index < -0.39 is 0 Å². The van der Waals surface area contributed by atoms with Crippen LogP contribution in [0.1, 0.15) is 58.1 Å². The number of nitrogens with zero attached hydrogens (tertiary/aromatic N) is 2. The molecule has 2 rings (SSSR count). The Hall–Kier alpha value is -2.44. The first-order valence-electron chi connectivity index (χ1n) is 10.9. The van der Waals surface area contributed by atoms with E-state index in [-0.39, 0.29) is 17.4 Å². The highest BCUT2D eigenvalue weighted by atomic mass is 16.5. The molecule has 1 aliphatic rings. The molecule has 7 heteroatoms. The van der Waals surface area contributed by atoms with Crippen molar-refractivity contribution in [1.29, 1.82) is 0 Å². The molecule has 0 radical (unpaired) electrons. The van der Waals surface area contributed by atoms with E-state index in [2.05, 4.69) is 22.5 Å². The van der Waals surface area contributed by atoms with E-state index in [0.717, 1.165) is 42.7 Å². The molecular formula is C23H38N4O3. The molecule has 0 spiro atoms. The molecule has 0 bridgehead atoms. The maximum Gasteiger partial charge on any atom is 0.230 e. The number of ether oxygens (including phenoxy) is 2. The first kappa shape index (κ1) is 23.8. The molecule has 1 saturated carbocycles. The average molecular weight is 419 g/mol. The Balaban J connectivity index is 2.06. The van der Waals surface area contributed by atoms with Crippen molar-refractivity contribution in [3.05, 3.63) is 23.8 Å². The Morgan fingerprint density at radius 3 is 2.37 bits per heavy atom. The fraction of sp³-hybridized carbons (Fsp3) is 0.652. The van der Waals surface area contributed by atoms with Crippen LogP contribution in [0.15, 0.2) is 23.2 Å². The van der Waals surface area contributed by atoms with Gasteiger partial charge in [-0.1, -0.05) is 18.9 Å². The predicted molar refractivity (Wildman–Crippen MR) is 121 cm³/mol. The van der Waals surface area contributed by atoms with Gasteiger partial charge in [-0.3, -0.25) is 9.79 Å². The minimum absolute atomic E-state index is 0.00941. The topological polar surface area (TPSA) is 75.2 Å². The standard InChI is InChI=1S/C23H38N4O3/c1-7-29-19-12-11-18(15-20(19)30-8-2)17(3)26-22(24-4)25-16-23(13-9-10-14-23)21(28)27(5)6/h11-12,15,17H,7-10,13-14,16H2,1-6H3,(H2,24,25,26). The summed E-state index contributed by atoms with van der Waals surface area (Å²) in [5.41, 5.74) is 0.732. The lowest BCUT2D eigenvalue weighted by molar-refractivity contribution is -0.138. The fourth-order valence-electron chi connectivity index (χ4n) is 4.07. The molecule has 1 fully saturated rings. The SMILES string of the molecule is CCOc1ccc(C(C)NC(=NC)NCC2(C(=O)N(C)C)CCCC2)cc1OCC. The quantitative estimate of drug-likeness (QED) is 0.475. The normalized spacial score (nSPS) is 16.7. The number of benzene rings is 1. The van der Waals surface area contributed by atoms with Crippen molar-refractivity contribution in [2.24, 2.45) is 10.4 Å². The molecule has 1 aliphatic carbocycles. The second-order valence-corrected chi connectivity index (χ2v) is 8.05. The zero-order valence-corrected chi connectivity index (χ0v) is 19.4. The summed E-state index contributed by atoms with van der Waals surface area (Å²) >= 11 is 0. The van der Waals surface area contributed by atoms with Gasteiger partial charge in [0.2, 0.25) is 5.91 Å². The zero-order valence-electron chi connectivity index (χ0n) is 19.4. The van der Waals surface area contributed by atoms with E-state index in [1.165, 1.54) is 0 Å². The lowest BCUT2D eigenvalue weighted by Gasteiger charge is -2.31. The third-order valence-corrected chi connectivity index (χ3v) is 5.66. The van der Waals surface area contributed by atoms with E-state index in [1.807, 2.05) is 46.1 Å². The van der Waals surface area contributed by atoms with Gasteiger partial charge in [0.15, 0.2) is 17.5 Å². The van der Waals surface area contributed by atoms with Gasteiger partial charge in [-0.25, -0.2) is 0 Å². The summed E-state index contributed by atoms with van der Waals surface area (Å²) in [4.78, 5) is 18.9. The zero-order chi connectivity index (χ0) is 22.1. The molecule has 0 aromatic heterocycles. The van der Waals surface area contributed by atoms with Crippen molar-refractivity contribution in [3.8, 4) is 11.5 Å². The van der Waals surface area contributed by atoms with Crippen molar-refractivity contribution in [2.75, 3.05) is 40.9 Å².